The van der Waals surface area contributed by atoms with E-state index in [0.717, 1.165) is 28.8 Å². The van der Waals surface area contributed by atoms with E-state index in [1.165, 1.54) is 0 Å². The minimum Gasteiger partial charge on any atom is -0.345 e. The van der Waals surface area contributed by atoms with Gasteiger partial charge in [-0.05, 0) is 48.7 Å². The Hall–Kier alpha value is -2.95. The van der Waals surface area contributed by atoms with Crippen LogP contribution in [-0.4, -0.2) is 20.7 Å². The van der Waals surface area contributed by atoms with Crippen molar-refractivity contribution in [2.45, 2.75) is 26.3 Å². The first-order valence-corrected chi connectivity index (χ1v) is 8.39. The number of hydrogen-bond donors (Lipinski definition) is 1. The summed E-state index contributed by atoms with van der Waals surface area (Å²) in [6.45, 7) is 4.02. The number of nitrogens with zero attached hydrogens (tertiary/aromatic N) is 3. The van der Waals surface area contributed by atoms with Crippen molar-refractivity contribution in [1.82, 2.24) is 20.1 Å². The van der Waals surface area contributed by atoms with E-state index in [9.17, 15) is 4.79 Å². The van der Waals surface area contributed by atoms with Gasteiger partial charge in [0.15, 0.2) is 0 Å². The third-order valence-electron chi connectivity index (χ3n) is 4.22. The van der Waals surface area contributed by atoms with Gasteiger partial charge in [-0.25, -0.2) is 0 Å². The fourth-order valence-electron chi connectivity index (χ4n) is 2.82. The second-order valence-corrected chi connectivity index (χ2v) is 6.14. The smallest absolute Gasteiger partial charge is 0.251 e. The maximum atomic E-state index is 12.5. The average Bonchev–Trinajstić information content (AvgIpc) is 3.06. The largest absolute Gasteiger partial charge is 0.345 e. The van der Waals surface area contributed by atoms with Crippen molar-refractivity contribution >= 4 is 5.91 Å². The molecule has 2 aromatic heterocycles. The zero-order chi connectivity index (χ0) is 17.8. The molecular weight excluding hydrogens is 312 g/mol. The van der Waals surface area contributed by atoms with Crippen LogP contribution in [0.4, 0.5) is 0 Å². The first kappa shape index (κ1) is 16.9. The van der Waals surface area contributed by atoms with Crippen LogP contribution in [0.25, 0.3) is 11.1 Å². The second kappa shape index (κ2) is 7.30. The summed E-state index contributed by atoms with van der Waals surface area (Å²) in [5.41, 5.74) is 4.81. The van der Waals surface area contributed by atoms with Crippen molar-refractivity contribution in [3.8, 4) is 11.1 Å². The molecule has 0 radical (unpaired) electrons. The van der Waals surface area contributed by atoms with Crippen LogP contribution < -0.4 is 5.32 Å². The topological polar surface area (TPSA) is 59.8 Å². The lowest BCUT2D eigenvalue weighted by molar-refractivity contribution is 0.0935. The summed E-state index contributed by atoms with van der Waals surface area (Å²) in [5.74, 6) is -0.0758. The summed E-state index contributed by atoms with van der Waals surface area (Å²) >= 11 is 0. The molecule has 0 spiro atoms. The van der Waals surface area contributed by atoms with E-state index >= 15 is 0 Å². The molecule has 0 saturated heterocycles. The average molecular weight is 334 g/mol. The number of amides is 1. The van der Waals surface area contributed by atoms with Crippen molar-refractivity contribution in [2.24, 2.45) is 7.05 Å². The molecule has 5 heteroatoms. The number of hydrogen-bond acceptors (Lipinski definition) is 3. The molecule has 0 bridgehead atoms. The number of pyridine rings is 1. The van der Waals surface area contributed by atoms with Crippen molar-refractivity contribution in [3.63, 3.8) is 0 Å². The van der Waals surface area contributed by atoms with Crippen LogP contribution in [-0.2, 0) is 7.05 Å². The van der Waals surface area contributed by atoms with Crippen molar-refractivity contribution in [3.05, 3.63) is 71.8 Å². The van der Waals surface area contributed by atoms with Crippen LogP contribution in [0.5, 0.6) is 0 Å². The van der Waals surface area contributed by atoms with Gasteiger partial charge in [-0.3, -0.25) is 14.5 Å². The van der Waals surface area contributed by atoms with Gasteiger partial charge in [-0.2, -0.15) is 5.10 Å². The molecule has 0 aliphatic rings. The minimum atomic E-state index is -0.0758. The Labute approximate surface area is 147 Å². The van der Waals surface area contributed by atoms with Gasteiger partial charge in [0, 0.05) is 36.3 Å². The van der Waals surface area contributed by atoms with Crippen LogP contribution in [0.15, 0.2) is 55.0 Å². The molecule has 1 N–H and O–H groups in total. The van der Waals surface area contributed by atoms with E-state index in [2.05, 4.69) is 15.4 Å². The SMILES string of the molecule is CC[C@H](NC(=O)c1ccc(-c2ccnc(C)c2)cc1)c1cnn(C)c1. The molecular formula is C20H22N4O. The fourth-order valence-corrected chi connectivity index (χ4v) is 2.82. The van der Waals surface area contributed by atoms with Crippen LogP contribution in [0.1, 0.15) is 41.0 Å². The highest BCUT2D eigenvalue weighted by atomic mass is 16.1. The van der Waals surface area contributed by atoms with Gasteiger partial charge in [0.2, 0.25) is 0 Å². The lowest BCUT2D eigenvalue weighted by atomic mass is 10.0. The Morgan fingerprint density at radius 2 is 1.96 bits per heavy atom. The van der Waals surface area contributed by atoms with Crippen molar-refractivity contribution in [2.75, 3.05) is 0 Å². The third-order valence-corrected chi connectivity index (χ3v) is 4.22. The normalized spacial score (nSPS) is 12.0. The zero-order valence-corrected chi connectivity index (χ0v) is 14.7. The van der Waals surface area contributed by atoms with Gasteiger partial charge in [-0.15, -0.1) is 0 Å². The maximum Gasteiger partial charge on any atom is 0.251 e. The van der Waals surface area contributed by atoms with E-state index in [1.54, 1.807) is 17.1 Å². The number of aromatic nitrogens is 3. The highest BCUT2D eigenvalue weighted by Gasteiger charge is 2.15. The lowest BCUT2D eigenvalue weighted by Crippen LogP contribution is -2.27. The fraction of sp³-hybridized carbons (Fsp3) is 0.250. The molecule has 1 atom stereocenters. The summed E-state index contributed by atoms with van der Waals surface area (Å²) in [6, 6.07) is 11.6. The highest BCUT2D eigenvalue weighted by molar-refractivity contribution is 5.95. The zero-order valence-electron chi connectivity index (χ0n) is 14.7. The number of carbonyl (C=O) groups is 1. The molecule has 5 nitrogen and oxygen atoms in total. The summed E-state index contributed by atoms with van der Waals surface area (Å²) < 4.78 is 1.75. The first-order valence-electron chi connectivity index (χ1n) is 8.39. The Morgan fingerprint density at radius 3 is 2.56 bits per heavy atom. The van der Waals surface area contributed by atoms with Gasteiger partial charge in [0.1, 0.15) is 0 Å². The molecule has 3 aromatic rings. The molecule has 128 valence electrons. The van der Waals surface area contributed by atoms with Crippen LogP contribution in [0.2, 0.25) is 0 Å². The van der Waals surface area contributed by atoms with Crippen molar-refractivity contribution < 1.29 is 4.79 Å². The Bertz CT molecular complexity index is 867. The molecule has 25 heavy (non-hydrogen) atoms. The Morgan fingerprint density at radius 1 is 1.20 bits per heavy atom. The van der Waals surface area contributed by atoms with Gasteiger partial charge >= 0.3 is 0 Å². The van der Waals surface area contributed by atoms with E-state index in [0.29, 0.717) is 5.56 Å². The molecule has 1 aromatic carbocycles. The Kier molecular flexibility index (Phi) is 4.93. The summed E-state index contributed by atoms with van der Waals surface area (Å²) in [6.07, 6.45) is 6.34. The number of benzene rings is 1. The van der Waals surface area contributed by atoms with E-state index in [1.807, 2.05) is 63.5 Å². The van der Waals surface area contributed by atoms with Crippen LogP contribution in [0.3, 0.4) is 0 Å². The van der Waals surface area contributed by atoms with E-state index in [-0.39, 0.29) is 11.9 Å². The standard InChI is InChI=1S/C20H22N4O/c1-4-19(18-12-22-24(3)13-18)23-20(25)16-7-5-15(6-8-16)17-9-10-21-14(2)11-17/h5-13,19H,4H2,1-3H3,(H,23,25)/t19-/m0/s1. The number of aryl methyl sites for hydroxylation is 2. The number of rotatable bonds is 5. The van der Waals surface area contributed by atoms with Gasteiger partial charge < -0.3 is 5.32 Å². The molecule has 1 amide bonds. The molecule has 0 saturated carbocycles. The van der Waals surface area contributed by atoms with Crippen LogP contribution >= 0.6 is 0 Å². The molecule has 0 aliphatic carbocycles. The van der Waals surface area contributed by atoms with E-state index < -0.39 is 0 Å². The molecule has 0 unspecified atom stereocenters. The molecule has 2 heterocycles. The summed E-state index contributed by atoms with van der Waals surface area (Å²) in [7, 11) is 1.87. The van der Waals surface area contributed by atoms with Gasteiger partial charge in [0.25, 0.3) is 5.91 Å². The summed E-state index contributed by atoms with van der Waals surface area (Å²) in [4.78, 5) is 16.8. The summed E-state index contributed by atoms with van der Waals surface area (Å²) in [5, 5.41) is 7.26. The number of nitrogens with one attached hydrogen (secondary N) is 1. The van der Waals surface area contributed by atoms with E-state index in [4.69, 9.17) is 0 Å². The second-order valence-electron chi connectivity index (χ2n) is 6.14. The number of carbonyl (C=O) groups excluding carboxylic acids is 1. The first-order chi connectivity index (χ1) is 12.1. The minimum absolute atomic E-state index is 0.0382. The lowest BCUT2D eigenvalue weighted by Gasteiger charge is -2.15. The third kappa shape index (κ3) is 3.94. The highest BCUT2D eigenvalue weighted by Crippen LogP contribution is 2.21. The van der Waals surface area contributed by atoms with Gasteiger partial charge in [-0.1, -0.05) is 19.1 Å². The van der Waals surface area contributed by atoms with Crippen LogP contribution in [0, 0.1) is 6.92 Å². The maximum absolute atomic E-state index is 12.5. The van der Waals surface area contributed by atoms with Crippen molar-refractivity contribution in [1.29, 1.82) is 0 Å². The predicted octanol–water partition coefficient (Wildman–Crippen LogP) is 3.67. The predicted molar refractivity (Wildman–Crippen MR) is 98.1 cm³/mol. The quantitative estimate of drug-likeness (QED) is 0.774. The monoisotopic (exact) mass is 334 g/mol. The molecule has 3 rings (SSSR count). The molecule has 0 aliphatic heterocycles. The Balaban J connectivity index is 1.74. The van der Waals surface area contributed by atoms with Gasteiger partial charge in [0.05, 0.1) is 12.2 Å². The molecule has 0 fully saturated rings.